The molecule has 24 heavy (non-hydrogen) atoms. The van der Waals surface area contributed by atoms with Crippen LogP contribution in [0.25, 0.3) is 0 Å². The molecule has 0 saturated carbocycles. The molecule has 1 amide bonds. The normalized spacial score (nSPS) is 16.8. The maximum atomic E-state index is 12.2. The molecule has 1 heterocycles. The van der Waals surface area contributed by atoms with Crippen LogP contribution in [0.4, 0.5) is 5.69 Å². The summed E-state index contributed by atoms with van der Waals surface area (Å²) >= 11 is 0. The van der Waals surface area contributed by atoms with E-state index in [2.05, 4.69) is 24.1 Å². The molecule has 1 aromatic carbocycles. The van der Waals surface area contributed by atoms with Crippen molar-refractivity contribution in [3.8, 4) is 5.75 Å². The van der Waals surface area contributed by atoms with Crippen LogP contribution in [0.1, 0.15) is 39.5 Å². The number of aromatic hydroxyl groups is 1. The second-order valence-corrected chi connectivity index (χ2v) is 6.87. The number of amides is 1. The quantitative estimate of drug-likeness (QED) is 0.626. The Morgan fingerprint density at radius 2 is 2.00 bits per heavy atom. The van der Waals surface area contributed by atoms with Gasteiger partial charge in [0.2, 0.25) is 0 Å². The van der Waals surface area contributed by atoms with E-state index in [1.807, 2.05) is 18.2 Å². The van der Waals surface area contributed by atoms with Gasteiger partial charge in [0.15, 0.2) is 6.54 Å². The summed E-state index contributed by atoms with van der Waals surface area (Å²) in [6, 6.07) is 7.73. The second kappa shape index (κ2) is 9.52. The second-order valence-electron chi connectivity index (χ2n) is 6.87. The lowest BCUT2D eigenvalue weighted by atomic mass is 10.1. The van der Waals surface area contributed by atoms with Crippen LogP contribution < -0.4 is 15.1 Å². The Labute approximate surface area is 145 Å². The fraction of sp³-hybridized carbons (Fsp3) is 0.632. The molecule has 0 spiro atoms. The van der Waals surface area contributed by atoms with Gasteiger partial charge in [0.25, 0.3) is 5.91 Å². The van der Waals surface area contributed by atoms with Crippen molar-refractivity contribution in [3.63, 3.8) is 0 Å². The van der Waals surface area contributed by atoms with Crippen molar-refractivity contribution < 1.29 is 14.8 Å². The molecule has 0 bridgehead atoms. The van der Waals surface area contributed by atoms with Crippen LogP contribution >= 0.6 is 0 Å². The first-order chi connectivity index (χ1) is 11.6. The number of anilines is 1. The van der Waals surface area contributed by atoms with Crippen LogP contribution in [0.5, 0.6) is 5.75 Å². The summed E-state index contributed by atoms with van der Waals surface area (Å²) in [6.07, 6.45) is 4.70. The highest BCUT2D eigenvalue weighted by atomic mass is 16.3. The SMILES string of the molecule is CCCCC[C@@H](C)NC(=O)C[NH+]1CCN(c2ccccc2O)CC1. The summed E-state index contributed by atoms with van der Waals surface area (Å²) < 4.78 is 0. The van der Waals surface area contributed by atoms with Crippen molar-refractivity contribution >= 4 is 11.6 Å². The Hall–Kier alpha value is -1.75. The molecule has 1 aromatic rings. The number of nitrogens with zero attached hydrogens (tertiary/aromatic N) is 1. The summed E-state index contributed by atoms with van der Waals surface area (Å²) in [4.78, 5) is 15.7. The molecule has 0 aliphatic carbocycles. The van der Waals surface area contributed by atoms with E-state index in [0.717, 1.165) is 38.3 Å². The molecule has 0 unspecified atom stereocenters. The van der Waals surface area contributed by atoms with Gasteiger partial charge in [0, 0.05) is 6.04 Å². The number of nitrogens with one attached hydrogen (secondary N) is 2. The van der Waals surface area contributed by atoms with E-state index < -0.39 is 0 Å². The summed E-state index contributed by atoms with van der Waals surface area (Å²) in [7, 11) is 0. The first kappa shape index (κ1) is 18.6. The average molecular weight is 334 g/mol. The van der Waals surface area contributed by atoms with Crippen molar-refractivity contribution in [2.75, 3.05) is 37.6 Å². The number of para-hydroxylation sites is 2. The van der Waals surface area contributed by atoms with Gasteiger partial charge in [-0.05, 0) is 25.5 Å². The largest absolute Gasteiger partial charge is 0.506 e. The number of phenolic OH excluding ortho intramolecular Hbond substituents is 1. The fourth-order valence-corrected chi connectivity index (χ4v) is 3.30. The number of unbranched alkanes of at least 4 members (excludes halogenated alkanes) is 2. The average Bonchev–Trinajstić information content (AvgIpc) is 2.56. The third-order valence-corrected chi connectivity index (χ3v) is 4.75. The third-order valence-electron chi connectivity index (χ3n) is 4.75. The van der Waals surface area contributed by atoms with Crippen molar-refractivity contribution in [2.45, 2.75) is 45.6 Å². The van der Waals surface area contributed by atoms with Crippen LogP contribution in [0, 0.1) is 0 Å². The zero-order chi connectivity index (χ0) is 17.4. The highest BCUT2D eigenvalue weighted by Gasteiger charge is 2.23. The smallest absolute Gasteiger partial charge is 0.275 e. The van der Waals surface area contributed by atoms with E-state index in [1.165, 1.54) is 24.2 Å². The monoisotopic (exact) mass is 334 g/mol. The van der Waals surface area contributed by atoms with Gasteiger partial charge in [0.1, 0.15) is 5.75 Å². The van der Waals surface area contributed by atoms with E-state index >= 15 is 0 Å². The van der Waals surface area contributed by atoms with Crippen LogP contribution in [0.2, 0.25) is 0 Å². The molecule has 0 radical (unpaired) electrons. The van der Waals surface area contributed by atoms with E-state index in [4.69, 9.17) is 0 Å². The van der Waals surface area contributed by atoms with Gasteiger partial charge in [-0.2, -0.15) is 0 Å². The van der Waals surface area contributed by atoms with Gasteiger partial charge in [0.05, 0.1) is 31.9 Å². The highest BCUT2D eigenvalue weighted by molar-refractivity contribution is 5.77. The number of benzene rings is 1. The van der Waals surface area contributed by atoms with Crippen molar-refractivity contribution in [2.24, 2.45) is 0 Å². The number of quaternary nitrogens is 1. The minimum atomic E-state index is 0.157. The van der Waals surface area contributed by atoms with E-state index in [9.17, 15) is 9.90 Å². The molecule has 5 nitrogen and oxygen atoms in total. The molecule has 2 rings (SSSR count). The molecule has 0 aromatic heterocycles. The molecule has 134 valence electrons. The fourth-order valence-electron chi connectivity index (χ4n) is 3.30. The molecule has 1 aliphatic heterocycles. The number of hydrogen-bond donors (Lipinski definition) is 3. The molecular weight excluding hydrogens is 302 g/mol. The molecule has 1 atom stereocenters. The van der Waals surface area contributed by atoms with Crippen molar-refractivity contribution in [1.82, 2.24) is 5.32 Å². The lowest BCUT2D eigenvalue weighted by Gasteiger charge is -2.33. The number of phenols is 1. The zero-order valence-corrected chi connectivity index (χ0v) is 15.1. The van der Waals surface area contributed by atoms with E-state index in [-0.39, 0.29) is 11.9 Å². The molecule has 1 fully saturated rings. The van der Waals surface area contributed by atoms with Gasteiger partial charge in [-0.1, -0.05) is 38.3 Å². The topological polar surface area (TPSA) is 57.0 Å². The first-order valence-corrected chi connectivity index (χ1v) is 9.26. The van der Waals surface area contributed by atoms with Crippen molar-refractivity contribution in [1.29, 1.82) is 0 Å². The maximum absolute atomic E-state index is 12.2. The van der Waals surface area contributed by atoms with E-state index in [0.29, 0.717) is 12.3 Å². The standard InChI is InChI=1S/C19H31N3O2/c1-3-4-5-8-16(2)20-19(24)15-21-11-13-22(14-12-21)17-9-6-7-10-18(17)23/h6-7,9-10,16,23H,3-5,8,11-15H2,1-2H3,(H,20,24)/p+1/t16-/m1/s1. The zero-order valence-electron chi connectivity index (χ0n) is 15.1. The number of piperazine rings is 1. The molecule has 3 N–H and O–H groups in total. The maximum Gasteiger partial charge on any atom is 0.275 e. The molecule has 1 aliphatic rings. The lowest BCUT2D eigenvalue weighted by Crippen LogP contribution is -3.16. The minimum Gasteiger partial charge on any atom is -0.506 e. The van der Waals surface area contributed by atoms with Gasteiger partial charge in [-0.25, -0.2) is 0 Å². The highest BCUT2D eigenvalue weighted by Crippen LogP contribution is 2.25. The summed E-state index contributed by atoms with van der Waals surface area (Å²) in [5.74, 6) is 0.490. The Bertz CT molecular complexity index is 513. The Balaban J connectivity index is 1.71. The number of rotatable bonds is 8. The molecule has 1 saturated heterocycles. The number of carbonyl (C=O) groups excluding carboxylic acids is 1. The van der Waals surface area contributed by atoms with Gasteiger partial charge in [-0.3, -0.25) is 4.79 Å². The molecule has 5 heteroatoms. The predicted octanol–water partition coefficient (Wildman–Crippen LogP) is 1.18. The Kier molecular flexibility index (Phi) is 7.37. The minimum absolute atomic E-state index is 0.157. The van der Waals surface area contributed by atoms with Crippen LogP contribution in [-0.2, 0) is 4.79 Å². The van der Waals surface area contributed by atoms with E-state index in [1.54, 1.807) is 6.07 Å². The van der Waals surface area contributed by atoms with Gasteiger partial charge < -0.3 is 20.2 Å². The summed E-state index contributed by atoms with van der Waals surface area (Å²) in [6.45, 7) is 8.42. The van der Waals surface area contributed by atoms with Crippen LogP contribution in [0.3, 0.4) is 0 Å². The summed E-state index contributed by atoms with van der Waals surface area (Å²) in [5.41, 5.74) is 0.894. The Morgan fingerprint density at radius 1 is 1.29 bits per heavy atom. The first-order valence-electron chi connectivity index (χ1n) is 9.26. The van der Waals surface area contributed by atoms with Crippen LogP contribution in [0.15, 0.2) is 24.3 Å². The number of hydrogen-bond acceptors (Lipinski definition) is 3. The van der Waals surface area contributed by atoms with Gasteiger partial charge >= 0.3 is 0 Å². The van der Waals surface area contributed by atoms with Crippen molar-refractivity contribution in [3.05, 3.63) is 24.3 Å². The Morgan fingerprint density at radius 3 is 2.67 bits per heavy atom. The predicted molar refractivity (Wildman–Crippen MR) is 97.6 cm³/mol. The summed E-state index contributed by atoms with van der Waals surface area (Å²) in [5, 5.41) is 13.1. The van der Waals surface area contributed by atoms with Crippen LogP contribution in [-0.4, -0.2) is 49.8 Å². The third kappa shape index (κ3) is 5.71. The lowest BCUT2D eigenvalue weighted by molar-refractivity contribution is -0.892. The number of carbonyl (C=O) groups is 1. The van der Waals surface area contributed by atoms with Gasteiger partial charge in [-0.15, -0.1) is 0 Å². The molecular formula is C19H32N3O2+.